The molecule has 0 saturated carbocycles. The molecule has 1 N–H and O–H groups in total. The highest BCUT2D eigenvalue weighted by Gasteiger charge is 2.72. The van der Waals surface area contributed by atoms with Crippen molar-refractivity contribution < 1.29 is 0 Å². The van der Waals surface area contributed by atoms with E-state index in [9.17, 15) is 0 Å². The lowest BCUT2D eigenvalue weighted by Crippen LogP contribution is -2.61. The van der Waals surface area contributed by atoms with E-state index in [1.165, 1.54) is 41.0 Å². The average Bonchev–Trinajstić information content (AvgIpc) is 3.79. The highest BCUT2D eigenvalue weighted by molar-refractivity contribution is 5.79. The second-order valence-corrected chi connectivity index (χ2v) is 13.9. The van der Waals surface area contributed by atoms with E-state index in [1.807, 2.05) is 0 Å². The molecule has 3 saturated heterocycles. The SMILES string of the molecule is CN1CC[C@@]2(c3cccc4c3N[C@@H]3N(C)CC[C@]43[C@]34CCN(C)[C@H]3N(C)c3ccccc34)c3ccccc3N(C)[C@@H]12. The molecule has 212 valence electrons. The maximum absolute atomic E-state index is 4.30. The quantitative estimate of drug-likeness (QED) is 0.511. The van der Waals surface area contributed by atoms with Gasteiger partial charge in [-0.3, -0.25) is 14.7 Å². The van der Waals surface area contributed by atoms with Crippen LogP contribution < -0.4 is 15.1 Å². The van der Waals surface area contributed by atoms with Gasteiger partial charge in [-0.2, -0.15) is 0 Å². The van der Waals surface area contributed by atoms with Crippen molar-refractivity contribution in [2.45, 2.75) is 54.0 Å². The van der Waals surface area contributed by atoms with E-state index >= 15 is 0 Å². The Morgan fingerprint density at radius 2 is 1.12 bits per heavy atom. The number of likely N-dealkylation sites (N-methyl/N-ethyl adjacent to an activating group) is 5. The third kappa shape index (κ3) is 2.51. The lowest BCUT2D eigenvalue weighted by atomic mass is 9.54. The third-order valence-corrected chi connectivity index (χ3v) is 12.6. The minimum absolute atomic E-state index is 0.00987. The summed E-state index contributed by atoms with van der Waals surface area (Å²) in [7, 11) is 11.7. The Morgan fingerprint density at radius 1 is 0.561 bits per heavy atom. The Morgan fingerprint density at radius 3 is 1.93 bits per heavy atom. The second-order valence-electron chi connectivity index (χ2n) is 13.9. The first kappa shape index (κ1) is 24.5. The summed E-state index contributed by atoms with van der Waals surface area (Å²) >= 11 is 0. The molecular weight excluding hydrogens is 504 g/mol. The summed E-state index contributed by atoms with van der Waals surface area (Å²) in [6, 6.07) is 25.9. The molecule has 0 aromatic heterocycles. The van der Waals surface area contributed by atoms with Gasteiger partial charge in [-0.15, -0.1) is 0 Å². The van der Waals surface area contributed by atoms with Gasteiger partial charge in [0.25, 0.3) is 0 Å². The zero-order valence-corrected chi connectivity index (χ0v) is 25.1. The molecule has 6 aliphatic rings. The fourth-order valence-electron chi connectivity index (χ4n) is 11.3. The van der Waals surface area contributed by atoms with Crippen molar-refractivity contribution in [1.82, 2.24) is 14.7 Å². The monoisotopic (exact) mass is 546 g/mol. The molecule has 0 unspecified atom stereocenters. The Kier molecular flexibility index (Phi) is 4.70. The summed E-state index contributed by atoms with van der Waals surface area (Å²) in [5.74, 6) is 0. The van der Waals surface area contributed by atoms with Gasteiger partial charge in [0, 0.05) is 61.6 Å². The number of para-hydroxylation sites is 3. The number of benzene rings is 3. The highest BCUT2D eigenvalue weighted by Crippen LogP contribution is 2.69. The first-order valence-corrected chi connectivity index (χ1v) is 15.5. The van der Waals surface area contributed by atoms with Crippen LogP contribution in [-0.4, -0.2) is 88.1 Å². The van der Waals surface area contributed by atoms with E-state index in [1.54, 1.807) is 11.1 Å². The van der Waals surface area contributed by atoms with Crippen LogP contribution in [0.5, 0.6) is 0 Å². The van der Waals surface area contributed by atoms with Crippen LogP contribution in [0.3, 0.4) is 0 Å². The molecule has 6 nitrogen and oxygen atoms in total. The van der Waals surface area contributed by atoms with Crippen LogP contribution in [0.4, 0.5) is 17.1 Å². The number of rotatable bonds is 2. The first-order chi connectivity index (χ1) is 19.9. The van der Waals surface area contributed by atoms with Crippen LogP contribution in [0.15, 0.2) is 66.7 Å². The first-order valence-electron chi connectivity index (χ1n) is 15.5. The normalized spacial score (nSPS) is 37.1. The zero-order valence-electron chi connectivity index (χ0n) is 25.1. The average molecular weight is 547 g/mol. The van der Waals surface area contributed by atoms with Gasteiger partial charge in [-0.25, -0.2) is 0 Å². The van der Waals surface area contributed by atoms with E-state index in [0.717, 1.165) is 26.1 Å². The number of fused-ring (bicyclic) bond motifs is 10. The Bertz CT molecular complexity index is 1590. The Balaban J connectivity index is 1.32. The molecule has 6 heterocycles. The minimum Gasteiger partial charge on any atom is -0.368 e. The predicted octanol–water partition coefficient (Wildman–Crippen LogP) is 4.46. The molecule has 0 aliphatic carbocycles. The van der Waals surface area contributed by atoms with Gasteiger partial charge in [-0.1, -0.05) is 54.6 Å². The lowest BCUT2D eigenvalue weighted by Gasteiger charge is -2.49. The molecule has 3 aromatic rings. The van der Waals surface area contributed by atoms with Gasteiger partial charge >= 0.3 is 0 Å². The lowest BCUT2D eigenvalue weighted by molar-refractivity contribution is 0.136. The highest BCUT2D eigenvalue weighted by atomic mass is 15.4. The smallest absolute Gasteiger partial charge is 0.0956 e. The molecule has 6 aliphatic heterocycles. The van der Waals surface area contributed by atoms with Crippen LogP contribution in [-0.2, 0) is 16.2 Å². The van der Waals surface area contributed by atoms with Gasteiger partial charge in [0.15, 0.2) is 0 Å². The molecule has 9 rings (SSSR count). The molecule has 3 fully saturated rings. The van der Waals surface area contributed by atoms with Gasteiger partial charge < -0.3 is 15.1 Å². The molecule has 3 aromatic carbocycles. The van der Waals surface area contributed by atoms with Crippen molar-refractivity contribution in [1.29, 1.82) is 0 Å². The fraction of sp³-hybridized carbons (Fsp3) is 0.486. The topological polar surface area (TPSA) is 28.2 Å². The second kappa shape index (κ2) is 7.85. The predicted molar refractivity (Wildman–Crippen MR) is 167 cm³/mol. The van der Waals surface area contributed by atoms with Gasteiger partial charge in [0.1, 0.15) is 0 Å². The van der Waals surface area contributed by atoms with Gasteiger partial charge in [0.05, 0.1) is 23.9 Å². The summed E-state index contributed by atoms with van der Waals surface area (Å²) in [6.45, 7) is 3.36. The maximum Gasteiger partial charge on any atom is 0.0956 e. The van der Waals surface area contributed by atoms with Crippen LogP contribution >= 0.6 is 0 Å². The van der Waals surface area contributed by atoms with E-state index < -0.39 is 0 Å². The maximum atomic E-state index is 4.30. The van der Waals surface area contributed by atoms with Crippen LogP contribution in [0.2, 0.25) is 0 Å². The molecule has 0 amide bonds. The molecule has 41 heavy (non-hydrogen) atoms. The van der Waals surface area contributed by atoms with Gasteiger partial charge in [0.2, 0.25) is 0 Å². The molecule has 6 heteroatoms. The van der Waals surface area contributed by atoms with Crippen LogP contribution in [0.25, 0.3) is 0 Å². The zero-order chi connectivity index (χ0) is 27.9. The number of nitrogens with one attached hydrogen (secondary N) is 1. The standard InChI is InChI=1S/C35H42N6/c1-37-21-18-34(35-19-22-39(3)32(35)41(5)28-16-9-7-12-24(28)35)26-14-10-13-25(29(26)36-30(34)37)33-17-20-38(2)31(33)40(4)27-15-8-6-11-23(27)33/h6-16,30-32,36H,17-22H2,1-5H3/t30-,31-,32+,33+,34+,35+/m1/s1. The molecule has 0 spiro atoms. The Labute approximate surface area is 244 Å². The van der Waals surface area contributed by atoms with Crippen LogP contribution in [0, 0.1) is 0 Å². The number of likely N-dealkylation sites (tertiary alicyclic amines) is 3. The van der Waals surface area contributed by atoms with E-state index in [4.69, 9.17) is 0 Å². The number of nitrogens with zero attached hydrogens (tertiary/aromatic N) is 5. The van der Waals surface area contributed by atoms with Gasteiger partial charge in [-0.05, 0) is 74.8 Å². The van der Waals surface area contributed by atoms with E-state index in [-0.39, 0.29) is 22.4 Å². The minimum atomic E-state index is -0.0508. The van der Waals surface area contributed by atoms with Crippen molar-refractivity contribution in [3.8, 4) is 0 Å². The molecule has 0 bridgehead atoms. The van der Waals surface area contributed by atoms with Crippen molar-refractivity contribution in [3.63, 3.8) is 0 Å². The molecule has 0 radical (unpaired) electrons. The van der Waals surface area contributed by atoms with Crippen molar-refractivity contribution in [2.24, 2.45) is 0 Å². The molecule has 6 atom stereocenters. The van der Waals surface area contributed by atoms with Crippen molar-refractivity contribution in [2.75, 3.05) is 70.0 Å². The number of anilines is 3. The fourth-order valence-corrected chi connectivity index (χ4v) is 11.3. The van der Waals surface area contributed by atoms with Crippen molar-refractivity contribution in [3.05, 3.63) is 89.0 Å². The van der Waals surface area contributed by atoms with E-state index in [0.29, 0.717) is 12.3 Å². The van der Waals surface area contributed by atoms with Crippen molar-refractivity contribution >= 4 is 17.1 Å². The number of hydrogen-bond donors (Lipinski definition) is 1. The van der Waals surface area contributed by atoms with E-state index in [2.05, 4.69) is 132 Å². The Hall–Kier alpha value is -3.06. The van der Waals surface area contributed by atoms with Crippen LogP contribution in [0.1, 0.15) is 41.5 Å². The summed E-state index contributed by atoms with van der Waals surface area (Å²) in [6.07, 6.45) is 4.46. The summed E-state index contributed by atoms with van der Waals surface area (Å²) in [4.78, 5) is 13.0. The largest absolute Gasteiger partial charge is 0.368 e. The summed E-state index contributed by atoms with van der Waals surface area (Å²) in [5, 5.41) is 4.30. The summed E-state index contributed by atoms with van der Waals surface area (Å²) < 4.78 is 0. The third-order valence-electron chi connectivity index (χ3n) is 12.6. The number of hydrogen-bond acceptors (Lipinski definition) is 6. The molecular formula is C35H42N6. The summed E-state index contributed by atoms with van der Waals surface area (Å²) in [5.41, 5.74) is 10.3.